The molecule has 0 unspecified atom stereocenters. The molecule has 17 heavy (non-hydrogen) atoms. The number of fused-ring (bicyclic) bond motifs is 3. The maximum absolute atomic E-state index is 3.88. The molecule has 0 aromatic heterocycles. The second kappa shape index (κ2) is 3.33. The van der Waals surface area contributed by atoms with Crippen molar-refractivity contribution >= 4 is 28.3 Å². The van der Waals surface area contributed by atoms with E-state index in [1.165, 1.54) is 16.8 Å². The third-order valence-corrected chi connectivity index (χ3v) is 14.3. The Morgan fingerprint density at radius 1 is 0.765 bits per heavy atom. The average Bonchev–Trinajstić information content (AvgIpc) is 2.28. The van der Waals surface area contributed by atoms with Crippen LogP contribution >= 0.6 is 0 Å². The topological polar surface area (TPSA) is 12.0 Å². The van der Waals surface area contributed by atoms with Gasteiger partial charge in [0.1, 0.15) is 0 Å². The van der Waals surface area contributed by atoms with E-state index < -0.39 is 19.4 Å². The minimum absolute atomic E-state index is 1.31. The average molecular weight is 421 g/mol. The summed E-state index contributed by atoms with van der Waals surface area (Å²) in [6, 6.07) is 17.5. The standard InChI is InChI=1S/C12H9N.3CH3.Po/c13-12-9-5-4-8-11(12)10-6-2-1-3-7-10;;;;/h1-6,8-9,13H;3*1H3;/q-1;;;;+1. The van der Waals surface area contributed by atoms with Crippen molar-refractivity contribution in [3.63, 3.8) is 0 Å². The van der Waals surface area contributed by atoms with Crippen molar-refractivity contribution in [2.45, 2.75) is 13.7 Å². The Morgan fingerprint density at radius 3 is 2.12 bits per heavy atom. The van der Waals surface area contributed by atoms with Gasteiger partial charge in [0.05, 0.1) is 0 Å². The van der Waals surface area contributed by atoms with Gasteiger partial charge in [-0.3, -0.25) is 0 Å². The first-order chi connectivity index (χ1) is 7.96. The summed E-state index contributed by atoms with van der Waals surface area (Å²) in [5, 5.41) is 0. The molecule has 1 nitrogen and oxygen atoms in total. The fourth-order valence-corrected chi connectivity index (χ4v) is 12.5. The van der Waals surface area contributed by atoms with Crippen molar-refractivity contribution in [3.8, 4) is 11.1 Å². The maximum atomic E-state index is 3.88. The van der Waals surface area contributed by atoms with Gasteiger partial charge in [0.25, 0.3) is 0 Å². The molecule has 2 heteroatoms. The predicted octanol–water partition coefficient (Wildman–Crippen LogP) is 3.78. The van der Waals surface area contributed by atoms with Gasteiger partial charge in [-0.05, 0) is 0 Å². The van der Waals surface area contributed by atoms with Gasteiger partial charge in [-0.2, -0.15) is 0 Å². The van der Waals surface area contributed by atoms with Crippen LogP contribution in [-0.4, -0.2) is 19.4 Å². The third-order valence-electron chi connectivity index (χ3n) is 3.34. The van der Waals surface area contributed by atoms with Gasteiger partial charge in [0, 0.05) is 0 Å². The molecule has 1 aliphatic rings. The van der Waals surface area contributed by atoms with Gasteiger partial charge in [0.15, 0.2) is 0 Å². The van der Waals surface area contributed by atoms with Gasteiger partial charge in [-0.1, -0.05) is 0 Å². The van der Waals surface area contributed by atoms with E-state index in [1.54, 1.807) is 3.22 Å². The van der Waals surface area contributed by atoms with Crippen molar-refractivity contribution in [2.75, 3.05) is 3.22 Å². The van der Waals surface area contributed by atoms with E-state index in [0.717, 1.165) is 0 Å². The molecule has 2 aromatic carbocycles. The molecule has 0 fully saturated rings. The molecule has 1 aliphatic heterocycles. The van der Waals surface area contributed by atoms with Crippen LogP contribution in [0.5, 0.6) is 0 Å². The van der Waals surface area contributed by atoms with Crippen LogP contribution in [0.25, 0.3) is 11.1 Å². The third kappa shape index (κ3) is 1.71. The molecule has 1 N–H and O–H groups in total. The predicted molar refractivity (Wildman–Crippen MR) is 78.5 cm³/mol. The molecule has 2 aromatic rings. The van der Waals surface area contributed by atoms with Crippen LogP contribution in [0.15, 0.2) is 48.5 Å². The van der Waals surface area contributed by atoms with E-state index in [9.17, 15) is 0 Å². The summed E-state index contributed by atoms with van der Waals surface area (Å²) in [5.41, 5.74) is 4.09. The zero-order chi connectivity index (χ0) is 12.1. The Balaban J connectivity index is 2.39. The number of benzene rings is 2. The number of para-hydroxylation sites is 1. The summed E-state index contributed by atoms with van der Waals surface area (Å²) in [6.45, 7) is 0. The first kappa shape index (κ1) is 11.2. The van der Waals surface area contributed by atoms with E-state index >= 15 is 0 Å². The molecule has 3 rings (SSSR count). The molecule has 0 amide bonds. The van der Waals surface area contributed by atoms with Gasteiger partial charge in [-0.15, -0.1) is 0 Å². The molecule has 0 saturated carbocycles. The SMILES string of the molecule is [CH3][Po]1([CH3])([CH3])[NH]c2ccccc2-c2cccc[c]21. The van der Waals surface area contributed by atoms with E-state index in [0.29, 0.717) is 0 Å². The van der Waals surface area contributed by atoms with Crippen LogP contribution in [-0.2, 0) is 0 Å². The minimum atomic E-state index is -2.92. The summed E-state index contributed by atoms with van der Waals surface area (Å²) in [7, 11) is 0. The van der Waals surface area contributed by atoms with Gasteiger partial charge < -0.3 is 0 Å². The molecule has 0 aliphatic carbocycles. The normalized spacial score (nSPS) is 21.2. The Bertz CT molecular complexity index is 593. The van der Waals surface area contributed by atoms with Crippen molar-refractivity contribution < 1.29 is 0 Å². The fourth-order valence-electron chi connectivity index (χ4n) is 2.56. The van der Waals surface area contributed by atoms with Gasteiger partial charge >= 0.3 is 105 Å². The second-order valence-corrected chi connectivity index (χ2v) is 28.0. The Morgan fingerprint density at radius 2 is 1.35 bits per heavy atom. The molecule has 89 valence electrons. The first-order valence-corrected chi connectivity index (χ1v) is 18.5. The molecule has 0 saturated heterocycles. The van der Waals surface area contributed by atoms with Crippen LogP contribution < -0.4 is 6.44 Å². The monoisotopic (exact) mass is 421 g/mol. The Kier molecular flexibility index (Phi) is 2.20. The molecule has 1 radical (unpaired) electrons. The molecular formula is C15H18NPo. The van der Waals surface area contributed by atoms with Crippen LogP contribution in [0.4, 0.5) is 5.69 Å². The van der Waals surface area contributed by atoms with E-state index in [4.69, 9.17) is 0 Å². The Labute approximate surface area is 104 Å². The van der Waals surface area contributed by atoms with Crippen LogP contribution in [0, 0.1) is 0 Å². The van der Waals surface area contributed by atoms with Crippen molar-refractivity contribution in [2.24, 2.45) is 0 Å². The van der Waals surface area contributed by atoms with E-state index in [1.807, 2.05) is 0 Å². The van der Waals surface area contributed by atoms with Crippen LogP contribution in [0.3, 0.4) is 0 Å². The number of hydrogen-bond donors (Lipinski definition) is 1. The quantitative estimate of drug-likeness (QED) is 0.683. The van der Waals surface area contributed by atoms with Crippen LogP contribution in [0.1, 0.15) is 0 Å². The van der Waals surface area contributed by atoms with Crippen molar-refractivity contribution in [3.05, 3.63) is 48.5 Å². The van der Waals surface area contributed by atoms with Gasteiger partial charge in [-0.25, -0.2) is 0 Å². The number of rotatable bonds is 0. The Hall–Kier alpha value is -0.864. The van der Waals surface area contributed by atoms with E-state index in [2.05, 4.69) is 65.5 Å². The molecule has 1 heterocycles. The molecular weight excluding hydrogens is 403 g/mol. The van der Waals surface area contributed by atoms with E-state index in [-0.39, 0.29) is 0 Å². The van der Waals surface area contributed by atoms with Gasteiger partial charge in [0.2, 0.25) is 0 Å². The zero-order valence-electron chi connectivity index (χ0n) is 10.5. The fraction of sp³-hybridized carbons (Fsp3) is 0.200. The van der Waals surface area contributed by atoms with Crippen molar-refractivity contribution in [1.82, 2.24) is 0 Å². The molecule has 0 bridgehead atoms. The molecule has 0 spiro atoms. The molecule has 0 atom stereocenters. The summed E-state index contributed by atoms with van der Waals surface area (Å²) in [5.74, 6) is 0. The second-order valence-electron chi connectivity index (χ2n) is 5.70. The summed E-state index contributed by atoms with van der Waals surface area (Å²) < 4.78 is 12.8. The number of hydrogen-bond acceptors (Lipinski definition) is 1. The van der Waals surface area contributed by atoms with Crippen molar-refractivity contribution in [1.29, 1.82) is 0 Å². The first-order valence-electron chi connectivity index (χ1n) is 5.79. The summed E-state index contributed by atoms with van der Waals surface area (Å²) in [6.07, 6.45) is 0. The summed E-state index contributed by atoms with van der Waals surface area (Å²) >= 11 is -2.92. The number of nitrogens with one attached hydrogen (secondary N) is 1. The zero-order valence-corrected chi connectivity index (χ0v) is 13.7. The summed E-state index contributed by atoms with van der Waals surface area (Å²) in [4.78, 5) is 0. The number of anilines is 1. The van der Waals surface area contributed by atoms with Crippen LogP contribution in [0.2, 0.25) is 13.7 Å².